The minimum Gasteiger partial charge on any atom is -0.303 e. The zero-order valence-corrected chi connectivity index (χ0v) is 15.8. The highest BCUT2D eigenvalue weighted by atomic mass is 16.2. The minimum atomic E-state index is -0.608. The van der Waals surface area contributed by atoms with Gasteiger partial charge in [-0.15, -0.1) is 0 Å². The van der Waals surface area contributed by atoms with Crippen molar-refractivity contribution in [2.45, 2.75) is 12.3 Å². The summed E-state index contributed by atoms with van der Waals surface area (Å²) >= 11 is 0. The monoisotopic (exact) mass is 369 g/mol. The van der Waals surface area contributed by atoms with Gasteiger partial charge in [-0.3, -0.25) is 0 Å². The Hall–Kier alpha value is -3.05. The van der Waals surface area contributed by atoms with Crippen LogP contribution in [0, 0.1) is 0 Å². The number of carbonyl (C=O) groups is 2. The SMILES string of the molecule is CN1C(=O)N(C)C2C1N(C)C(=O)N2C.Cn1c(=O)n(C)c(=O)n(C)c1=O. The molecule has 0 aromatic carbocycles. The fourth-order valence-electron chi connectivity index (χ4n) is 3.19. The Balaban J connectivity index is 0.000000190. The van der Waals surface area contributed by atoms with Crippen LogP contribution in [0.4, 0.5) is 9.59 Å². The number of amides is 4. The average molecular weight is 369 g/mol. The van der Waals surface area contributed by atoms with E-state index in [-0.39, 0.29) is 24.4 Å². The largest absolute Gasteiger partial charge is 0.335 e. The van der Waals surface area contributed by atoms with E-state index >= 15 is 0 Å². The van der Waals surface area contributed by atoms with Crippen molar-refractivity contribution in [1.29, 1.82) is 0 Å². The van der Waals surface area contributed by atoms with Gasteiger partial charge in [0, 0.05) is 49.3 Å². The number of nitrogens with zero attached hydrogens (tertiary/aromatic N) is 7. The van der Waals surface area contributed by atoms with Gasteiger partial charge in [-0.1, -0.05) is 0 Å². The second-order valence-electron chi connectivity index (χ2n) is 6.36. The van der Waals surface area contributed by atoms with E-state index in [1.807, 2.05) is 0 Å². The third-order valence-corrected chi connectivity index (χ3v) is 4.78. The molecule has 0 saturated carbocycles. The standard InChI is InChI=1S/C8H14N4O2.C6H9N3O3/c1-9-5-6(11(3)7(9)13)12(4)8(14)10(5)2;1-7-4(10)8(2)6(12)9(3)5(7)11/h5-6H,1-4H3;1-3H3. The Kier molecular flexibility index (Phi) is 4.71. The van der Waals surface area contributed by atoms with Crippen LogP contribution in [0.15, 0.2) is 14.4 Å². The topological polar surface area (TPSA) is 113 Å². The number of hydrogen-bond donors (Lipinski definition) is 0. The van der Waals surface area contributed by atoms with E-state index in [1.165, 1.54) is 21.1 Å². The highest BCUT2D eigenvalue weighted by Gasteiger charge is 2.54. The Morgan fingerprint density at radius 2 is 0.654 bits per heavy atom. The minimum absolute atomic E-state index is 0.0498. The number of rotatable bonds is 0. The van der Waals surface area contributed by atoms with Crippen molar-refractivity contribution in [3.05, 3.63) is 31.5 Å². The van der Waals surface area contributed by atoms with Gasteiger partial charge in [0.25, 0.3) is 0 Å². The molecule has 0 atom stereocenters. The van der Waals surface area contributed by atoms with Crippen molar-refractivity contribution in [1.82, 2.24) is 33.3 Å². The van der Waals surface area contributed by atoms with Crippen LogP contribution >= 0.6 is 0 Å². The Morgan fingerprint density at radius 3 is 0.846 bits per heavy atom. The Labute approximate surface area is 149 Å². The molecule has 26 heavy (non-hydrogen) atoms. The van der Waals surface area contributed by atoms with Crippen LogP contribution in [-0.4, -0.2) is 85.9 Å². The van der Waals surface area contributed by atoms with Gasteiger partial charge in [-0.25, -0.2) is 37.7 Å². The lowest BCUT2D eigenvalue weighted by atomic mass is 10.4. The molecule has 0 bridgehead atoms. The molecule has 4 amide bonds. The zero-order valence-electron chi connectivity index (χ0n) is 15.8. The first kappa shape index (κ1) is 19.3. The summed E-state index contributed by atoms with van der Waals surface area (Å²) in [5.41, 5.74) is -1.82. The molecular formula is C14H23N7O5. The van der Waals surface area contributed by atoms with Gasteiger partial charge < -0.3 is 19.6 Å². The number of urea groups is 2. The molecule has 0 spiro atoms. The molecule has 2 fully saturated rings. The van der Waals surface area contributed by atoms with Crippen molar-refractivity contribution in [2.75, 3.05) is 28.2 Å². The van der Waals surface area contributed by atoms with Gasteiger partial charge in [0.15, 0.2) is 0 Å². The van der Waals surface area contributed by atoms with Crippen LogP contribution in [0.5, 0.6) is 0 Å². The molecule has 2 aliphatic rings. The van der Waals surface area contributed by atoms with Crippen LogP contribution in [0.1, 0.15) is 0 Å². The molecule has 12 nitrogen and oxygen atoms in total. The summed E-state index contributed by atoms with van der Waals surface area (Å²) in [6.45, 7) is 0. The summed E-state index contributed by atoms with van der Waals surface area (Å²) in [5.74, 6) is 0. The van der Waals surface area contributed by atoms with Gasteiger partial charge in [0.1, 0.15) is 12.3 Å². The molecule has 3 rings (SSSR count). The van der Waals surface area contributed by atoms with E-state index < -0.39 is 17.1 Å². The molecule has 2 aliphatic heterocycles. The van der Waals surface area contributed by atoms with Crippen LogP contribution in [0.3, 0.4) is 0 Å². The third kappa shape index (κ3) is 2.57. The molecule has 3 heterocycles. The van der Waals surface area contributed by atoms with Crippen LogP contribution in [0.25, 0.3) is 0 Å². The Bertz CT molecular complexity index is 773. The maximum Gasteiger partial charge on any atom is 0.335 e. The van der Waals surface area contributed by atoms with Crippen molar-refractivity contribution in [3.8, 4) is 0 Å². The van der Waals surface area contributed by atoms with Gasteiger partial charge >= 0.3 is 29.1 Å². The van der Waals surface area contributed by atoms with Crippen molar-refractivity contribution in [2.24, 2.45) is 21.1 Å². The predicted octanol–water partition coefficient (Wildman–Crippen LogP) is -2.58. The molecule has 1 aromatic heterocycles. The molecule has 144 valence electrons. The van der Waals surface area contributed by atoms with Crippen LogP contribution in [0.2, 0.25) is 0 Å². The van der Waals surface area contributed by atoms with Crippen LogP contribution < -0.4 is 17.1 Å². The Morgan fingerprint density at radius 1 is 0.462 bits per heavy atom. The molecule has 12 heteroatoms. The molecule has 0 aliphatic carbocycles. The second kappa shape index (κ2) is 6.35. The molecule has 0 radical (unpaired) electrons. The number of aromatic nitrogens is 3. The lowest BCUT2D eigenvalue weighted by molar-refractivity contribution is 0.157. The van der Waals surface area contributed by atoms with Crippen LogP contribution in [-0.2, 0) is 21.1 Å². The van der Waals surface area contributed by atoms with Crippen molar-refractivity contribution < 1.29 is 9.59 Å². The smallest absolute Gasteiger partial charge is 0.303 e. The zero-order chi connectivity index (χ0) is 20.1. The van der Waals surface area contributed by atoms with Gasteiger partial charge in [0.05, 0.1) is 0 Å². The maximum atomic E-state index is 11.6. The van der Waals surface area contributed by atoms with E-state index in [2.05, 4.69) is 0 Å². The highest BCUT2D eigenvalue weighted by molar-refractivity contribution is 5.84. The van der Waals surface area contributed by atoms with E-state index in [9.17, 15) is 24.0 Å². The summed E-state index contributed by atoms with van der Waals surface area (Å²) in [4.78, 5) is 62.8. The molecule has 1 aromatic rings. The normalized spacial score (nSPS) is 22.0. The highest BCUT2D eigenvalue weighted by Crippen LogP contribution is 2.30. The quantitative estimate of drug-likeness (QED) is 0.498. The number of hydrogen-bond acceptors (Lipinski definition) is 5. The summed E-state index contributed by atoms with van der Waals surface area (Å²) in [6, 6.07) is -0.0996. The fourth-order valence-corrected chi connectivity index (χ4v) is 3.19. The first-order chi connectivity index (χ1) is 11.9. The summed E-state index contributed by atoms with van der Waals surface area (Å²) in [7, 11) is 10.8. The third-order valence-electron chi connectivity index (χ3n) is 4.78. The van der Waals surface area contributed by atoms with Gasteiger partial charge in [0.2, 0.25) is 0 Å². The average Bonchev–Trinajstić information content (AvgIpc) is 2.98. The lowest BCUT2D eigenvalue weighted by Gasteiger charge is -2.22. The molecule has 0 unspecified atom stereocenters. The van der Waals surface area contributed by atoms with Gasteiger partial charge in [-0.2, -0.15) is 0 Å². The molecular weight excluding hydrogens is 346 g/mol. The first-order valence-corrected chi connectivity index (χ1v) is 7.75. The predicted molar refractivity (Wildman–Crippen MR) is 91.6 cm³/mol. The summed E-state index contributed by atoms with van der Waals surface area (Å²) in [6.07, 6.45) is -0.324. The molecule has 0 N–H and O–H groups in total. The summed E-state index contributed by atoms with van der Waals surface area (Å²) in [5, 5.41) is 0. The lowest BCUT2D eigenvalue weighted by Crippen LogP contribution is -2.51. The van der Waals surface area contributed by atoms with E-state index in [0.29, 0.717) is 0 Å². The number of likely N-dealkylation sites (N-methyl/N-ethyl adjacent to an activating group) is 4. The molecule has 2 saturated heterocycles. The van der Waals surface area contributed by atoms with E-state index in [1.54, 1.807) is 47.8 Å². The maximum absolute atomic E-state index is 11.6. The number of carbonyl (C=O) groups excluding carboxylic acids is 2. The fraction of sp³-hybridized carbons (Fsp3) is 0.643. The number of fused-ring (bicyclic) bond motifs is 1. The summed E-state index contributed by atoms with van der Waals surface area (Å²) < 4.78 is 2.63. The van der Waals surface area contributed by atoms with Crippen molar-refractivity contribution in [3.63, 3.8) is 0 Å². The van der Waals surface area contributed by atoms with Crippen molar-refractivity contribution >= 4 is 12.1 Å². The van der Waals surface area contributed by atoms with E-state index in [4.69, 9.17) is 0 Å². The second-order valence-corrected chi connectivity index (χ2v) is 6.36. The van der Waals surface area contributed by atoms with E-state index in [0.717, 1.165) is 13.7 Å². The van der Waals surface area contributed by atoms with Gasteiger partial charge in [-0.05, 0) is 0 Å². The first-order valence-electron chi connectivity index (χ1n) is 7.75.